The molecule has 0 spiro atoms. The van der Waals surface area contributed by atoms with Gasteiger partial charge in [-0.25, -0.2) is 14.4 Å². The van der Waals surface area contributed by atoms with Crippen LogP contribution < -0.4 is 5.73 Å². The Bertz CT molecular complexity index is 653. The van der Waals surface area contributed by atoms with Gasteiger partial charge in [0.1, 0.15) is 5.54 Å². The Labute approximate surface area is 168 Å². The van der Waals surface area contributed by atoms with Crippen LogP contribution in [0.1, 0.15) is 40.5 Å². The molecular formula is C18H27NO10. The third-order valence-electron chi connectivity index (χ3n) is 4.91. The zero-order valence-electron chi connectivity index (χ0n) is 16.9. The quantitative estimate of drug-likeness (QED) is 0.347. The van der Waals surface area contributed by atoms with Crippen LogP contribution in [0.15, 0.2) is 0 Å². The van der Waals surface area contributed by atoms with E-state index in [9.17, 15) is 19.2 Å². The molecular weight excluding hydrogens is 390 g/mol. The highest BCUT2D eigenvalue weighted by atomic mass is 16.8. The Morgan fingerprint density at radius 3 is 1.97 bits per heavy atom. The van der Waals surface area contributed by atoms with E-state index < -0.39 is 54.2 Å². The van der Waals surface area contributed by atoms with Crippen LogP contribution in [0, 0.1) is 17.8 Å². The molecule has 0 saturated heterocycles. The van der Waals surface area contributed by atoms with Gasteiger partial charge in [0.05, 0.1) is 19.1 Å². The zero-order valence-corrected chi connectivity index (χ0v) is 16.9. The topological polar surface area (TPSA) is 150 Å². The van der Waals surface area contributed by atoms with Gasteiger partial charge in [-0.15, -0.1) is 0 Å². The zero-order chi connectivity index (χ0) is 21.8. The molecule has 0 amide bonds. The number of fused-ring (bicyclic) bond motifs is 1. The van der Waals surface area contributed by atoms with Crippen molar-refractivity contribution < 1.29 is 47.6 Å². The highest BCUT2D eigenvalue weighted by molar-refractivity contribution is 5.87. The number of rotatable bonds is 8. The number of carbonyl (C=O) groups is 4. The average Bonchev–Trinajstić information content (AvgIpc) is 3.25. The van der Waals surface area contributed by atoms with E-state index in [1.807, 2.05) is 0 Å². The fourth-order valence-corrected chi connectivity index (χ4v) is 3.69. The molecule has 0 aromatic rings. The minimum atomic E-state index is -1.40. The molecule has 0 aromatic heterocycles. The smallest absolute Gasteiger partial charge is 0.435 e. The second-order valence-corrected chi connectivity index (χ2v) is 6.87. The van der Waals surface area contributed by atoms with E-state index in [1.165, 1.54) is 13.8 Å². The van der Waals surface area contributed by atoms with Crippen LogP contribution in [-0.4, -0.2) is 55.6 Å². The summed E-state index contributed by atoms with van der Waals surface area (Å²) in [4.78, 5) is 47.5. The van der Waals surface area contributed by atoms with Crippen LogP contribution in [0.3, 0.4) is 0 Å². The number of hydrogen-bond acceptors (Lipinski definition) is 11. The number of hydrogen-bond donors (Lipinski definition) is 1. The van der Waals surface area contributed by atoms with E-state index in [0.717, 1.165) is 0 Å². The minimum absolute atomic E-state index is 0.117. The average molecular weight is 417 g/mol. The van der Waals surface area contributed by atoms with E-state index in [-0.39, 0.29) is 19.1 Å². The summed E-state index contributed by atoms with van der Waals surface area (Å²) >= 11 is 0. The highest BCUT2D eigenvalue weighted by Gasteiger charge is 2.71. The molecule has 2 unspecified atom stereocenters. The molecule has 2 N–H and O–H groups in total. The van der Waals surface area contributed by atoms with Gasteiger partial charge in [-0.3, -0.25) is 4.79 Å². The molecule has 2 fully saturated rings. The van der Waals surface area contributed by atoms with Crippen LogP contribution >= 0.6 is 0 Å². The summed E-state index contributed by atoms with van der Waals surface area (Å²) < 4.78 is 29.0. The first-order valence-corrected chi connectivity index (χ1v) is 9.51. The van der Waals surface area contributed by atoms with Gasteiger partial charge < -0.3 is 34.2 Å². The largest absolute Gasteiger partial charge is 0.511 e. The van der Waals surface area contributed by atoms with Gasteiger partial charge in [-0.1, -0.05) is 0 Å². The number of carbonyl (C=O) groups excluding carboxylic acids is 4. The molecule has 2 aliphatic carbocycles. The van der Waals surface area contributed by atoms with E-state index in [2.05, 4.69) is 9.47 Å². The minimum Gasteiger partial charge on any atom is -0.435 e. The van der Waals surface area contributed by atoms with Crippen molar-refractivity contribution in [1.82, 2.24) is 0 Å². The van der Waals surface area contributed by atoms with Crippen molar-refractivity contribution in [2.24, 2.45) is 23.5 Å². The van der Waals surface area contributed by atoms with E-state index >= 15 is 0 Å². The summed E-state index contributed by atoms with van der Waals surface area (Å²) in [5.41, 5.74) is 4.85. The molecule has 0 heterocycles. The predicted octanol–water partition coefficient (Wildman–Crippen LogP) is 1.46. The van der Waals surface area contributed by atoms with Crippen molar-refractivity contribution in [3.63, 3.8) is 0 Å². The van der Waals surface area contributed by atoms with Gasteiger partial charge in [0.15, 0.2) is 0 Å². The molecule has 0 radical (unpaired) electrons. The summed E-state index contributed by atoms with van der Waals surface area (Å²) in [5.74, 6) is -2.58. The van der Waals surface area contributed by atoms with Crippen molar-refractivity contribution >= 4 is 24.2 Å². The molecule has 2 aliphatic rings. The van der Waals surface area contributed by atoms with E-state index in [0.29, 0.717) is 12.8 Å². The standard InChI is InChI=1S/C18H27NO10/c1-5-24-16(22)28-9(3)26-14(20)12-11-7-8-18(19,13(11)12)15(21)27-10(4)29-17(23)25-6-2/h9-13H,5-8,19H2,1-4H3/t9?,10?,11-,12-,13-,18-/m0/s1. The SMILES string of the molecule is CCOC(=O)OC(C)OC(=O)[C@H]1[C@@H]2CC[C@@](N)(C(=O)OC(C)OC(=O)OCC)[C@@H]21. The number of nitrogens with two attached hydrogens (primary N) is 1. The highest BCUT2D eigenvalue weighted by Crippen LogP contribution is 2.62. The molecule has 0 bridgehead atoms. The fourth-order valence-electron chi connectivity index (χ4n) is 3.69. The molecule has 11 heteroatoms. The van der Waals surface area contributed by atoms with Crippen LogP contribution in [0.5, 0.6) is 0 Å². The van der Waals surface area contributed by atoms with Gasteiger partial charge in [-0.2, -0.15) is 0 Å². The molecule has 0 aliphatic heterocycles. The molecule has 29 heavy (non-hydrogen) atoms. The monoisotopic (exact) mass is 417 g/mol. The van der Waals surface area contributed by atoms with Gasteiger partial charge in [0.2, 0.25) is 12.6 Å². The molecule has 6 atom stereocenters. The van der Waals surface area contributed by atoms with Gasteiger partial charge in [0, 0.05) is 19.8 Å². The fraction of sp³-hybridized carbons (Fsp3) is 0.778. The first kappa shape index (κ1) is 22.7. The van der Waals surface area contributed by atoms with Gasteiger partial charge in [0.25, 0.3) is 0 Å². The van der Waals surface area contributed by atoms with Crippen LogP contribution in [-0.2, 0) is 38.0 Å². The lowest BCUT2D eigenvalue weighted by Gasteiger charge is -2.26. The second-order valence-electron chi connectivity index (χ2n) is 6.87. The normalized spacial score (nSPS) is 28.9. The van der Waals surface area contributed by atoms with Crippen LogP contribution in [0.2, 0.25) is 0 Å². The molecule has 11 nitrogen and oxygen atoms in total. The molecule has 0 aromatic carbocycles. The van der Waals surface area contributed by atoms with Crippen LogP contribution in [0.4, 0.5) is 9.59 Å². The summed E-state index contributed by atoms with van der Waals surface area (Å²) in [6.07, 6.45) is -3.38. The van der Waals surface area contributed by atoms with E-state index in [4.69, 9.17) is 24.7 Å². The lowest BCUT2D eigenvalue weighted by molar-refractivity contribution is -0.176. The van der Waals surface area contributed by atoms with Gasteiger partial charge in [-0.05, 0) is 32.6 Å². The molecule has 164 valence electrons. The summed E-state index contributed by atoms with van der Waals surface area (Å²) in [7, 11) is 0. The number of ether oxygens (including phenoxy) is 6. The molecule has 2 rings (SSSR count). The maximum absolute atomic E-state index is 12.5. The second kappa shape index (κ2) is 9.29. The molecule has 2 saturated carbocycles. The van der Waals surface area contributed by atoms with Crippen molar-refractivity contribution in [2.45, 2.75) is 58.7 Å². The summed E-state index contributed by atoms with van der Waals surface area (Å²) in [6, 6.07) is 0. The van der Waals surface area contributed by atoms with Crippen molar-refractivity contribution in [3.05, 3.63) is 0 Å². The third-order valence-corrected chi connectivity index (χ3v) is 4.91. The summed E-state index contributed by atoms with van der Waals surface area (Å²) in [5, 5.41) is 0. The first-order valence-electron chi connectivity index (χ1n) is 9.51. The predicted molar refractivity (Wildman–Crippen MR) is 93.9 cm³/mol. The Morgan fingerprint density at radius 1 is 0.931 bits per heavy atom. The lowest BCUT2D eigenvalue weighted by Crippen LogP contribution is -2.51. The van der Waals surface area contributed by atoms with Crippen molar-refractivity contribution in [1.29, 1.82) is 0 Å². The Kier molecular flexibility index (Phi) is 7.28. The lowest BCUT2D eigenvalue weighted by atomic mass is 9.91. The Morgan fingerprint density at radius 2 is 1.45 bits per heavy atom. The maximum atomic E-state index is 12.5. The Hall–Kier alpha value is -2.56. The maximum Gasteiger partial charge on any atom is 0.511 e. The Balaban J connectivity index is 1.88. The van der Waals surface area contributed by atoms with Crippen molar-refractivity contribution in [3.8, 4) is 0 Å². The van der Waals surface area contributed by atoms with E-state index in [1.54, 1.807) is 13.8 Å². The van der Waals surface area contributed by atoms with Crippen molar-refractivity contribution in [2.75, 3.05) is 13.2 Å². The van der Waals surface area contributed by atoms with Gasteiger partial charge >= 0.3 is 24.2 Å². The first-order chi connectivity index (χ1) is 13.6. The van der Waals surface area contributed by atoms with Crippen LogP contribution in [0.25, 0.3) is 0 Å². The number of esters is 2. The third kappa shape index (κ3) is 5.28. The summed E-state index contributed by atoms with van der Waals surface area (Å²) in [6.45, 7) is 6.20.